The Bertz CT molecular complexity index is 1290. The first-order valence-electron chi connectivity index (χ1n) is 14.1. The number of aliphatic hydroxyl groups excluding tert-OH is 1. The van der Waals surface area contributed by atoms with Gasteiger partial charge in [0.2, 0.25) is 5.91 Å². The summed E-state index contributed by atoms with van der Waals surface area (Å²) >= 11 is 0. The first-order valence-corrected chi connectivity index (χ1v) is 14.1. The second-order valence-electron chi connectivity index (χ2n) is 10.3. The molecular formula is C33H40N4O3. The number of carbonyl (C=O) groups excluding carboxylic acids is 2. The molecule has 1 aliphatic heterocycles. The number of benzene rings is 3. The summed E-state index contributed by atoms with van der Waals surface area (Å²) in [5.74, 6) is -0.216. The molecule has 7 nitrogen and oxygen atoms in total. The third kappa shape index (κ3) is 8.28. The van der Waals surface area contributed by atoms with E-state index >= 15 is 0 Å². The number of carbonyl (C=O) groups is 2. The lowest BCUT2D eigenvalue weighted by atomic mass is 10.00. The largest absolute Gasteiger partial charge is 0.390 e. The van der Waals surface area contributed by atoms with Crippen LogP contribution >= 0.6 is 0 Å². The van der Waals surface area contributed by atoms with Gasteiger partial charge >= 0.3 is 0 Å². The van der Waals surface area contributed by atoms with Crippen LogP contribution in [0.1, 0.15) is 46.8 Å². The molecule has 2 atom stereocenters. The van der Waals surface area contributed by atoms with Gasteiger partial charge in [-0.3, -0.25) is 9.59 Å². The van der Waals surface area contributed by atoms with Crippen LogP contribution in [0.5, 0.6) is 0 Å². The molecule has 3 aromatic rings. The Balaban J connectivity index is 1.45. The van der Waals surface area contributed by atoms with Gasteiger partial charge in [0.1, 0.15) is 0 Å². The zero-order chi connectivity index (χ0) is 28.3. The SMILES string of the molecule is CCNc1cc(C(=O)N[C@@H](Cc2ccccc2)[C@H](O)CNCC=Cc2ccc(C)cc2)cc(N2CCCC2=O)c1. The van der Waals surface area contributed by atoms with Crippen LogP contribution in [0, 0.1) is 6.92 Å². The molecule has 7 heteroatoms. The summed E-state index contributed by atoms with van der Waals surface area (Å²) in [4.78, 5) is 27.7. The molecule has 0 spiro atoms. The van der Waals surface area contributed by atoms with Crippen molar-refractivity contribution in [3.8, 4) is 0 Å². The molecular weight excluding hydrogens is 500 g/mol. The number of hydrogen-bond acceptors (Lipinski definition) is 5. The van der Waals surface area contributed by atoms with Crippen LogP contribution in [-0.2, 0) is 11.2 Å². The number of nitrogens with one attached hydrogen (secondary N) is 3. The van der Waals surface area contributed by atoms with Crippen LogP contribution in [-0.4, -0.2) is 55.2 Å². The van der Waals surface area contributed by atoms with Gasteiger partial charge in [0, 0.05) is 49.5 Å². The van der Waals surface area contributed by atoms with E-state index in [9.17, 15) is 14.7 Å². The van der Waals surface area contributed by atoms with E-state index in [1.165, 1.54) is 5.56 Å². The molecule has 0 bridgehead atoms. The van der Waals surface area contributed by atoms with E-state index in [-0.39, 0.29) is 11.8 Å². The summed E-state index contributed by atoms with van der Waals surface area (Å²) in [6.45, 7) is 6.30. The molecule has 0 radical (unpaired) electrons. The van der Waals surface area contributed by atoms with Gasteiger partial charge in [0.25, 0.3) is 5.91 Å². The smallest absolute Gasteiger partial charge is 0.251 e. The van der Waals surface area contributed by atoms with Gasteiger partial charge in [0.05, 0.1) is 12.1 Å². The first-order chi connectivity index (χ1) is 19.4. The van der Waals surface area contributed by atoms with Crippen LogP contribution < -0.4 is 20.9 Å². The number of hydrogen-bond donors (Lipinski definition) is 4. The molecule has 3 aromatic carbocycles. The molecule has 0 saturated carbocycles. The highest BCUT2D eigenvalue weighted by atomic mass is 16.3. The molecule has 0 aliphatic carbocycles. The molecule has 40 heavy (non-hydrogen) atoms. The van der Waals surface area contributed by atoms with E-state index in [1.54, 1.807) is 17.0 Å². The standard InChI is InChI=1S/C33H40N4O3/c1-3-35-28-20-27(21-29(22-28)37-18-8-12-32(37)39)33(40)36-30(19-26-9-5-4-6-10-26)31(38)23-34-17-7-11-25-15-13-24(2)14-16-25/h4-7,9-11,13-16,20-22,30-31,34-35,38H,3,8,12,17-19,23H2,1-2H3,(H,36,40)/t30-,31+/m0/s1. The number of aliphatic hydroxyl groups is 1. The summed E-state index contributed by atoms with van der Waals surface area (Å²) in [6, 6.07) is 23.1. The Morgan fingerprint density at radius 3 is 2.55 bits per heavy atom. The van der Waals surface area contributed by atoms with Gasteiger partial charge in [0.15, 0.2) is 0 Å². The Hall–Kier alpha value is -3.94. The lowest BCUT2D eigenvalue weighted by Gasteiger charge is -2.25. The van der Waals surface area contributed by atoms with Crippen molar-refractivity contribution in [2.75, 3.05) is 36.4 Å². The van der Waals surface area contributed by atoms with Crippen LogP contribution in [0.3, 0.4) is 0 Å². The molecule has 210 valence electrons. The van der Waals surface area contributed by atoms with Crippen molar-refractivity contribution in [2.45, 2.75) is 45.3 Å². The predicted molar refractivity (Wildman–Crippen MR) is 163 cm³/mol. The van der Waals surface area contributed by atoms with E-state index in [1.807, 2.05) is 55.5 Å². The fraction of sp³-hybridized carbons (Fsp3) is 0.333. The van der Waals surface area contributed by atoms with Crippen molar-refractivity contribution in [3.05, 3.63) is 101 Å². The van der Waals surface area contributed by atoms with Crippen molar-refractivity contribution in [1.29, 1.82) is 0 Å². The average Bonchev–Trinajstić information content (AvgIpc) is 3.39. The monoisotopic (exact) mass is 540 g/mol. The predicted octanol–water partition coefficient (Wildman–Crippen LogP) is 4.56. The maximum atomic E-state index is 13.5. The lowest BCUT2D eigenvalue weighted by Crippen LogP contribution is -2.48. The molecule has 2 amide bonds. The van der Waals surface area contributed by atoms with Gasteiger partial charge in [-0.2, -0.15) is 0 Å². The van der Waals surface area contributed by atoms with Crippen LogP contribution in [0.2, 0.25) is 0 Å². The molecule has 1 heterocycles. The summed E-state index contributed by atoms with van der Waals surface area (Å²) in [5.41, 5.74) is 5.32. The van der Waals surface area contributed by atoms with Gasteiger partial charge in [-0.05, 0) is 56.0 Å². The Morgan fingerprint density at radius 2 is 1.85 bits per heavy atom. The number of amides is 2. The van der Waals surface area contributed by atoms with Crippen molar-refractivity contribution < 1.29 is 14.7 Å². The highest BCUT2D eigenvalue weighted by molar-refractivity contribution is 6.00. The summed E-state index contributed by atoms with van der Waals surface area (Å²) < 4.78 is 0. The summed E-state index contributed by atoms with van der Waals surface area (Å²) in [5, 5.41) is 20.8. The minimum Gasteiger partial charge on any atom is -0.390 e. The Kier molecular flexibility index (Phi) is 10.5. The minimum atomic E-state index is -0.812. The van der Waals surface area contributed by atoms with Crippen molar-refractivity contribution in [1.82, 2.24) is 10.6 Å². The summed E-state index contributed by atoms with van der Waals surface area (Å²) in [7, 11) is 0. The van der Waals surface area contributed by atoms with E-state index in [0.717, 1.165) is 23.2 Å². The zero-order valence-corrected chi connectivity index (χ0v) is 23.4. The minimum absolute atomic E-state index is 0.0693. The molecule has 1 saturated heterocycles. The third-order valence-electron chi connectivity index (χ3n) is 7.03. The number of nitrogens with zero attached hydrogens (tertiary/aromatic N) is 1. The Labute approximate surface area is 237 Å². The van der Waals surface area contributed by atoms with Crippen molar-refractivity contribution >= 4 is 29.3 Å². The second-order valence-corrected chi connectivity index (χ2v) is 10.3. The second kappa shape index (κ2) is 14.4. The van der Waals surface area contributed by atoms with Crippen LogP contribution in [0.4, 0.5) is 11.4 Å². The highest BCUT2D eigenvalue weighted by Crippen LogP contribution is 2.27. The van der Waals surface area contributed by atoms with Gasteiger partial charge in [-0.25, -0.2) is 0 Å². The maximum Gasteiger partial charge on any atom is 0.251 e. The van der Waals surface area contributed by atoms with Crippen molar-refractivity contribution in [2.24, 2.45) is 0 Å². The van der Waals surface area contributed by atoms with Gasteiger partial charge in [-0.1, -0.05) is 72.3 Å². The van der Waals surface area contributed by atoms with Crippen LogP contribution in [0.15, 0.2) is 78.9 Å². The van der Waals surface area contributed by atoms with Crippen molar-refractivity contribution in [3.63, 3.8) is 0 Å². The number of rotatable bonds is 13. The number of aryl methyl sites for hydroxylation is 1. The van der Waals surface area contributed by atoms with E-state index in [4.69, 9.17) is 0 Å². The Morgan fingerprint density at radius 1 is 1.07 bits per heavy atom. The molecule has 0 aromatic heterocycles. The maximum absolute atomic E-state index is 13.5. The number of anilines is 2. The summed E-state index contributed by atoms with van der Waals surface area (Å²) in [6.07, 6.45) is 5.07. The van der Waals surface area contributed by atoms with E-state index < -0.39 is 12.1 Å². The topological polar surface area (TPSA) is 93.7 Å². The molecule has 4 N–H and O–H groups in total. The van der Waals surface area contributed by atoms with Gasteiger partial charge in [-0.15, -0.1) is 0 Å². The first kappa shape index (κ1) is 29.1. The third-order valence-corrected chi connectivity index (χ3v) is 7.03. The lowest BCUT2D eigenvalue weighted by molar-refractivity contribution is -0.117. The van der Waals surface area contributed by atoms with E-state index in [2.05, 4.69) is 47.1 Å². The quantitative estimate of drug-likeness (QED) is 0.239. The fourth-order valence-electron chi connectivity index (χ4n) is 4.86. The van der Waals surface area contributed by atoms with Gasteiger partial charge < -0.3 is 26.0 Å². The molecule has 0 unspecified atom stereocenters. The highest BCUT2D eigenvalue weighted by Gasteiger charge is 2.25. The molecule has 4 rings (SSSR count). The molecule has 1 aliphatic rings. The zero-order valence-electron chi connectivity index (χ0n) is 23.4. The average molecular weight is 541 g/mol. The molecule has 1 fully saturated rings. The van der Waals surface area contributed by atoms with Crippen LogP contribution in [0.25, 0.3) is 6.08 Å². The van der Waals surface area contributed by atoms with E-state index in [0.29, 0.717) is 50.3 Å². The fourth-order valence-corrected chi connectivity index (χ4v) is 4.86. The normalized spacial score (nSPS) is 14.9.